The Hall–Kier alpha value is -2.35. The monoisotopic (exact) mass is 452 g/mol. The molecule has 0 saturated heterocycles. The number of rotatable bonds is 2. The molecule has 27 heavy (non-hydrogen) atoms. The van der Waals surface area contributed by atoms with Gasteiger partial charge in [-0.25, -0.2) is 0 Å². The van der Waals surface area contributed by atoms with Crippen molar-refractivity contribution in [3.63, 3.8) is 0 Å². The number of aromatic nitrogens is 2. The van der Waals surface area contributed by atoms with Crippen LogP contribution in [0.3, 0.4) is 0 Å². The van der Waals surface area contributed by atoms with Gasteiger partial charge in [0.1, 0.15) is 11.0 Å². The minimum Gasteiger partial charge on any atom is -0.289 e. The predicted octanol–water partition coefficient (Wildman–Crippen LogP) is 5.38. The van der Waals surface area contributed by atoms with Crippen LogP contribution in [0.15, 0.2) is 68.9 Å². The number of halogens is 1. The number of nitrogens with zero attached hydrogens (tertiary/aromatic N) is 2. The first-order valence-corrected chi connectivity index (χ1v) is 10.4. The van der Waals surface area contributed by atoms with Gasteiger partial charge in [0.25, 0.3) is 0 Å². The lowest BCUT2D eigenvalue weighted by molar-refractivity contribution is 0.0980. The lowest BCUT2D eigenvalue weighted by Gasteiger charge is -2.18. The summed E-state index contributed by atoms with van der Waals surface area (Å²) in [5, 5.41) is 0. The van der Waals surface area contributed by atoms with E-state index in [4.69, 9.17) is 0 Å². The standard InChI is InChI=1S/C20H9BrN2O2S2/c21-10-4-3-5-11(8-10)26-15-9-14-16(18-17(15)22-27-23-18)20(25)13-7-2-1-6-12(13)19(14)24/h1-9H. The van der Waals surface area contributed by atoms with E-state index in [1.807, 2.05) is 24.3 Å². The molecule has 0 spiro atoms. The third kappa shape index (κ3) is 2.65. The highest BCUT2D eigenvalue weighted by atomic mass is 79.9. The lowest BCUT2D eigenvalue weighted by atomic mass is 9.83. The molecule has 0 radical (unpaired) electrons. The van der Waals surface area contributed by atoms with Crippen molar-refractivity contribution in [1.82, 2.24) is 8.75 Å². The lowest BCUT2D eigenvalue weighted by Crippen LogP contribution is -2.21. The minimum atomic E-state index is -0.170. The highest BCUT2D eigenvalue weighted by molar-refractivity contribution is 9.10. The molecule has 0 unspecified atom stereocenters. The van der Waals surface area contributed by atoms with Gasteiger partial charge in [-0.15, -0.1) is 0 Å². The van der Waals surface area contributed by atoms with Crippen molar-refractivity contribution >= 4 is 62.0 Å². The number of ketones is 2. The van der Waals surface area contributed by atoms with E-state index in [2.05, 4.69) is 24.7 Å². The van der Waals surface area contributed by atoms with Crippen molar-refractivity contribution in [3.05, 3.63) is 81.3 Å². The SMILES string of the molecule is O=C1c2ccccc2C(=O)c2c1cc(Sc1cccc(Br)c1)c1nsnc21. The number of fused-ring (bicyclic) bond motifs is 4. The number of benzene rings is 3. The molecule has 1 aliphatic rings. The molecule has 7 heteroatoms. The van der Waals surface area contributed by atoms with Gasteiger partial charge in [0, 0.05) is 31.0 Å². The average Bonchev–Trinajstić information content (AvgIpc) is 3.16. The second-order valence-corrected chi connectivity index (χ2v) is 8.58. The normalized spacial score (nSPS) is 12.9. The first kappa shape index (κ1) is 16.8. The van der Waals surface area contributed by atoms with Crippen LogP contribution in [0.25, 0.3) is 11.0 Å². The first-order chi connectivity index (χ1) is 13.1. The molecule has 1 heterocycles. The molecule has 0 aliphatic heterocycles. The molecule has 0 bridgehead atoms. The molecular weight excluding hydrogens is 444 g/mol. The average molecular weight is 453 g/mol. The van der Waals surface area contributed by atoms with Crippen molar-refractivity contribution in [2.75, 3.05) is 0 Å². The van der Waals surface area contributed by atoms with Crippen molar-refractivity contribution in [2.24, 2.45) is 0 Å². The van der Waals surface area contributed by atoms with Gasteiger partial charge in [-0.3, -0.25) is 9.59 Å². The molecule has 0 N–H and O–H groups in total. The number of carbonyl (C=O) groups is 2. The zero-order valence-corrected chi connectivity index (χ0v) is 16.8. The predicted molar refractivity (Wildman–Crippen MR) is 109 cm³/mol. The van der Waals surface area contributed by atoms with Crippen molar-refractivity contribution < 1.29 is 9.59 Å². The molecule has 0 saturated carbocycles. The van der Waals surface area contributed by atoms with Crippen LogP contribution in [0.2, 0.25) is 0 Å². The van der Waals surface area contributed by atoms with Gasteiger partial charge in [-0.05, 0) is 24.3 Å². The van der Waals surface area contributed by atoms with Crippen molar-refractivity contribution in [3.8, 4) is 0 Å². The summed E-state index contributed by atoms with van der Waals surface area (Å²) in [6.45, 7) is 0. The zero-order valence-electron chi connectivity index (χ0n) is 13.6. The fraction of sp³-hybridized carbons (Fsp3) is 0. The molecule has 4 nitrogen and oxygen atoms in total. The Labute approximate surface area is 171 Å². The molecule has 0 atom stereocenters. The fourth-order valence-electron chi connectivity index (χ4n) is 3.22. The summed E-state index contributed by atoms with van der Waals surface area (Å²) in [7, 11) is 0. The molecule has 1 aromatic heterocycles. The van der Waals surface area contributed by atoms with E-state index in [1.165, 1.54) is 11.8 Å². The summed E-state index contributed by atoms with van der Waals surface area (Å²) in [5.41, 5.74) is 2.79. The molecule has 3 aromatic carbocycles. The highest BCUT2D eigenvalue weighted by Gasteiger charge is 2.33. The maximum Gasteiger partial charge on any atom is 0.196 e. The Bertz CT molecular complexity index is 1270. The van der Waals surface area contributed by atoms with Gasteiger partial charge in [0.2, 0.25) is 0 Å². The molecular formula is C20H9BrN2O2S2. The Morgan fingerprint density at radius 1 is 0.815 bits per heavy atom. The summed E-state index contributed by atoms with van der Waals surface area (Å²) >= 11 is 6.03. The van der Waals surface area contributed by atoms with Crippen molar-refractivity contribution in [2.45, 2.75) is 9.79 Å². The molecule has 0 fully saturated rings. The van der Waals surface area contributed by atoms with Crippen LogP contribution >= 0.6 is 39.4 Å². The third-order valence-corrected chi connectivity index (χ3v) is 6.46. The van der Waals surface area contributed by atoms with Crippen LogP contribution in [0, 0.1) is 0 Å². The van der Waals surface area contributed by atoms with Gasteiger partial charge in [-0.2, -0.15) is 8.75 Å². The van der Waals surface area contributed by atoms with Gasteiger partial charge < -0.3 is 0 Å². The summed E-state index contributed by atoms with van der Waals surface area (Å²) in [4.78, 5) is 27.9. The minimum absolute atomic E-state index is 0.147. The van der Waals surface area contributed by atoms with E-state index in [9.17, 15) is 9.59 Å². The molecule has 0 amide bonds. The van der Waals surface area contributed by atoms with Gasteiger partial charge in [-0.1, -0.05) is 58.0 Å². The Kier molecular flexibility index (Phi) is 3.96. The van der Waals surface area contributed by atoms with Gasteiger partial charge in [0.05, 0.1) is 17.3 Å². The molecule has 4 aromatic rings. The maximum atomic E-state index is 13.1. The van der Waals surface area contributed by atoms with Crippen LogP contribution in [0.5, 0.6) is 0 Å². The highest BCUT2D eigenvalue weighted by Crippen LogP contribution is 2.39. The summed E-state index contributed by atoms with van der Waals surface area (Å²) in [6, 6.07) is 16.6. The van der Waals surface area contributed by atoms with Crippen LogP contribution in [-0.2, 0) is 0 Å². The van der Waals surface area contributed by atoms with E-state index in [0.717, 1.165) is 26.0 Å². The van der Waals surface area contributed by atoms with E-state index in [-0.39, 0.29) is 11.6 Å². The zero-order chi connectivity index (χ0) is 18.5. The Morgan fingerprint density at radius 2 is 1.56 bits per heavy atom. The number of hydrogen-bond acceptors (Lipinski definition) is 6. The number of carbonyl (C=O) groups excluding carboxylic acids is 2. The second-order valence-electron chi connectivity index (χ2n) is 6.02. The van der Waals surface area contributed by atoms with Crippen LogP contribution < -0.4 is 0 Å². The summed E-state index contributed by atoms with van der Waals surface area (Å²) < 4.78 is 9.71. The van der Waals surface area contributed by atoms with Crippen LogP contribution in [0.4, 0.5) is 0 Å². The van der Waals surface area contributed by atoms with E-state index >= 15 is 0 Å². The largest absolute Gasteiger partial charge is 0.289 e. The Morgan fingerprint density at radius 3 is 2.33 bits per heavy atom. The smallest absolute Gasteiger partial charge is 0.196 e. The first-order valence-electron chi connectivity index (χ1n) is 8.04. The van der Waals surface area contributed by atoms with Crippen LogP contribution in [-0.4, -0.2) is 20.3 Å². The van der Waals surface area contributed by atoms with E-state index in [1.54, 1.807) is 30.3 Å². The van der Waals surface area contributed by atoms with E-state index in [0.29, 0.717) is 33.3 Å². The summed E-state index contributed by atoms with van der Waals surface area (Å²) in [5.74, 6) is -0.317. The van der Waals surface area contributed by atoms with Crippen molar-refractivity contribution in [1.29, 1.82) is 0 Å². The topological polar surface area (TPSA) is 59.9 Å². The second kappa shape index (κ2) is 6.37. The van der Waals surface area contributed by atoms with Crippen LogP contribution in [0.1, 0.15) is 31.8 Å². The van der Waals surface area contributed by atoms with Gasteiger partial charge >= 0.3 is 0 Å². The van der Waals surface area contributed by atoms with Gasteiger partial charge in [0.15, 0.2) is 11.6 Å². The quantitative estimate of drug-likeness (QED) is 0.359. The molecule has 5 rings (SSSR count). The number of hydrogen-bond donors (Lipinski definition) is 0. The molecule has 130 valence electrons. The molecule has 1 aliphatic carbocycles. The van der Waals surface area contributed by atoms with E-state index < -0.39 is 0 Å². The third-order valence-electron chi connectivity index (χ3n) is 4.42. The Balaban J connectivity index is 1.74. The summed E-state index contributed by atoms with van der Waals surface area (Å²) in [6.07, 6.45) is 0. The maximum absolute atomic E-state index is 13.1. The fourth-order valence-corrected chi connectivity index (χ4v) is 5.39.